The minimum absolute atomic E-state index is 0.0419. The number of hydrogen-bond donors (Lipinski definition) is 2. The van der Waals surface area contributed by atoms with E-state index >= 15 is 0 Å². The Kier molecular flexibility index (Phi) is 3.85. The van der Waals surface area contributed by atoms with E-state index in [0.29, 0.717) is 5.56 Å². The first-order valence-corrected chi connectivity index (χ1v) is 7.59. The van der Waals surface area contributed by atoms with E-state index in [1.807, 2.05) is 4.72 Å². The van der Waals surface area contributed by atoms with Crippen molar-refractivity contribution in [3.05, 3.63) is 24.5 Å². The zero-order valence-corrected chi connectivity index (χ0v) is 12.0. The number of esters is 1. The van der Waals surface area contributed by atoms with Crippen LogP contribution in [0.2, 0.25) is 0 Å². The lowest BCUT2D eigenvalue weighted by molar-refractivity contribution is -0.131. The van der Waals surface area contributed by atoms with Gasteiger partial charge in [0.1, 0.15) is 0 Å². The van der Waals surface area contributed by atoms with Crippen LogP contribution in [0.3, 0.4) is 0 Å². The maximum atomic E-state index is 11.3. The third-order valence-corrected chi connectivity index (χ3v) is 2.86. The fourth-order valence-electron chi connectivity index (χ4n) is 1.58. The van der Waals surface area contributed by atoms with Gasteiger partial charge in [0.05, 0.1) is 6.26 Å². The average Bonchev–Trinajstić information content (AvgIpc) is 2.66. The lowest BCUT2D eigenvalue weighted by Gasteiger charge is -2.02. The fourth-order valence-corrected chi connectivity index (χ4v) is 2.05. The van der Waals surface area contributed by atoms with Crippen LogP contribution in [0.4, 0.5) is 5.88 Å². The molecule has 0 aliphatic rings. The Labute approximate surface area is 120 Å². The zero-order valence-electron chi connectivity index (χ0n) is 11.2. The second kappa shape index (κ2) is 5.44. The Morgan fingerprint density at radius 3 is 2.52 bits per heavy atom. The molecule has 0 saturated heterocycles. The monoisotopic (exact) mass is 312 g/mol. The maximum Gasteiger partial charge on any atom is 0.308 e. The van der Waals surface area contributed by atoms with Gasteiger partial charge in [0.15, 0.2) is 5.76 Å². The van der Waals surface area contributed by atoms with Crippen molar-refractivity contribution in [2.75, 3.05) is 11.0 Å². The van der Waals surface area contributed by atoms with Crippen molar-refractivity contribution >= 4 is 21.9 Å². The molecule has 2 aromatic rings. The number of aromatic nitrogens is 1. The van der Waals surface area contributed by atoms with Gasteiger partial charge in [-0.2, -0.15) is 0 Å². The Morgan fingerprint density at radius 2 is 2.00 bits per heavy atom. The standard InChI is InChI=1S/C12H12N2O6S/c1-7(15)19-11-9(16)10(8-3-5-13-6-4-8)20-12(11)14-21(2,17)18/h3-6,14,16H,1-2H3. The number of sulfonamides is 1. The zero-order chi connectivity index (χ0) is 15.6. The van der Waals surface area contributed by atoms with Crippen LogP contribution in [-0.2, 0) is 14.8 Å². The molecule has 0 aliphatic heterocycles. The maximum absolute atomic E-state index is 11.3. The predicted octanol–water partition coefficient (Wildman–Crippen LogP) is 1.34. The minimum Gasteiger partial charge on any atom is -0.502 e. The third kappa shape index (κ3) is 3.51. The number of pyridine rings is 1. The topological polar surface area (TPSA) is 119 Å². The van der Waals surface area contributed by atoms with E-state index in [0.717, 1.165) is 13.2 Å². The summed E-state index contributed by atoms with van der Waals surface area (Å²) < 4.78 is 34.7. The first-order chi connectivity index (χ1) is 9.78. The summed E-state index contributed by atoms with van der Waals surface area (Å²) in [4.78, 5) is 14.9. The second-order valence-electron chi connectivity index (χ2n) is 4.14. The highest BCUT2D eigenvalue weighted by molar-refractivity contribution is 7.92. The van der Waals surface area contributed by atoms with Crippen LogP contribution in [0.15, 0.2) is 28.9 Å². The largest absolute Gasteiger partial charge is 0.502 e. The number of nitrogens with one attached hydrogen (secondary N) is 1. The van der Waals surface area contributed by atoms with Gasteiger partial charge in [-0.25, -0.2) is 8.42 Å². The smallest absolute Gasteiger partial charge is 0.308 e. The summed E-state index contributed by atoms with van der Waals surface area (Å²) >= 11 is 0. The van der Waals surface area contributed by atoms with Gasteiger partial charge < -0.3 is 14.3 Å². The SMILES string of the molecule is CC(=O)Oc1c(NS(C)(=O)=O)oc(-c2ccncc2)c1O. The van der Waals surface area contributed by atoms with Crippen molar-refractivity contribution < 1.29 is 27.5 Å². The molecule has 2 aromatic heterocycles. The van der Waals surface area contributed by atoms with E-state index in [1.54, 1.807) is 12.1 Å². The molecule has 0 aliphatic carbocycles. The van der Waals surface area contributed by atoms with Crippen LogP contribution in [0.5, 0.6) is 11.5 Å². The molecule has 0 atom stereocenters. The summed E-state index contributed by atoms with van der Waals surface area (Å²) in [6.07, 6.45) is 3.83. The highest BCUT2D eigenvalue weighted by Gasteiger charge is 2.25. The van der Waals surface area contributed by atoms with Crippen molar-refractivity contribution in [1.82, 2.24) is 4.98 Å². The van der Waals surface area contributed by atoms with Crippen LogP contribution in [0.1, 0.15) is 6.92 Å². The average molecular weight is 312 g/mol. The van der Waals surface area contributed by atoms with Crippen molar-refractivity contribution in [1.29, 1.82) is 0 Å². The molecule has 21 heavy (non-hydrogen) atoms. The number of nitrogens with zero attached hydrogens (tertiary/aromatic N) is 1. The molecule has 0 unspecified atom stereocenters. The van der Waals surface area contributed by atoms with Crippen LogP contribution in [0.25, 0.3) is 11.3 Å². The van der Waals surface area contributed by atoms with Gasteiger partial charge in [-0.15, -0.1) is 0 Å². The molecule has 0 spiro atoms. The molecular weight excluding hydrogens is 300 g/mol. The number of hydrogen-bond acceptors (Lipinski definition) is 7. The molecule has 112 valence electrons. The summed E-state index contributed by atoms with van der Waals surface area (Å²) in [5.41, 5.74) is 0.442. The second-order valence-corrected chi connectivity index (χ2v) is 5.89. The van der Waals surface area contributed by atoms with Crippen molar-refractivity contribution in [2.24, 2.45) is 0 Å². The molecule has 2 heterocycles. The van der Waals surface area contributed by atoms with E-state index in [1.165, 1.54) is 12.4 Å². The Hall–Kier alpha value is -2.55. The van der Waals surface area contributed by atoms with Gasteiger partial charge in [-0.05, 0) is 12.1 Å². The summed E-state index contributed by atoms with van der Waals surface area (Å²) in [5.74, 6) is -2.02. The van der Waals surface area contributed by atoms with Crippen molar-refractivity contribution in [2.45, 2.75) is 6.92 Å². The molecule has 0 saturated carbocycles. The molecular formula is C12H12N2O6S. The molecule has 2 N–H and O–H groups in total. The lowest BCUT2D eigenvalue weighted by atomic mass is 10.2. The minimum atomic E-state index is -3.68. The van der Waals surface area contributed by atoms with E-state index in [4.69, 9.17) is 9.15 Å². The molecule has 0 aromatic carbocycles. The number of ether oxygens (including phenoxy) is 1. The first kappa shape index (κ1) is 14.9. The van der Waals surface area contributed by atoms with Crippen LogP contribution in [0, 0.1) is 0 Å². The number of aromatic hydroxyl groups is 1. The predicted molar refractivity (Wildman–Crippen MR) is 73.4 cm³/mol. The quantitative estimate of drug-likeness (QED) is 0.818. The molecule has 2 rings (SSSR count). The number of carbonyl (C=O) groups excluding carboxylic acids is 1. The van der Waals surface area contributed by atoms with Gasteiger partial charge in [0.2, 0.25) is 21.5 Å². The van der Waals surface area contributed by atoms with E-state index in [9.17, 15) is 18.3 Å². The van der Waals surface area contributed by atoms with E-state index in [-0.39, 0.29) is 17.4 Å². The number of rotatable bonds is 4. The molecule has 8 nitrogen and oxygen atoms in total. The van der Waals surface area contributed by atoms with E-state index < -0.39 is 21.7 Å². The molecule has 0 amide bonds. The van der Waals surface area contributed by atoms with Gasteiger partial charge in [-0.3, -0.25) is 14.5 Å². The van der Waals surface area contributed by atoms with Crippen molar-refractivity contribution in [3.63, 3.8) is 0 Å². The van der Waals surface area contributed by atoms with Gasteiger partial charge in [0, 0.05) is 24.9 Å². The Morgan fingerprint density at radius 1 is 1.38 bits per heavy atom. The number of furan rings is 1. The lowest BCUT2D eigenvalue weighted by Crippen LogP contribution is -2.11. The van der Waals surface area contributed by atoms with Gasteiger partial charge in [-0.1, -0.05) is 0 Å². The van der Waals surface area contributed by atoms with Gasteiger partial charge in [0.25, 0.3) is 5.88 Å². The Balaban J connectivity index is 2.56. The summed E-state index contributed by atoms with van der Waals surface area (Å²) in [6, 6.07) is 3.08. The van der Waals surface area contributed by atoms with Crippen LogP contribution >= 0.6 is 0 Å². The highest BCUT2D eigenvalue weighted by atomic mass is 32.2. The molecule has 9 heteroatoms. The van der Waals surface area contributed by atoms with Crippen LogP contribution < -0.4 is 9.46 Å². The summed E-state index contributed by atoms with van der Waals surface area (Å²) in [6.45, 7) is 1.11. The van der Waals surface area contributed by atoms with Gasteiger partial charge >= 0.3 is 5.97 Å². The fraction of sp³-hybridized carbons (Fsp3) is 0.167. The number of anilines is 1. The highest BCUT2D eigenvalue weighted by Crippen LogP contribution is 2.46. The van der Waals surface area contributed by atoms with E-state index in [2.05, 4.69) is 4.98 Å². The van der Waals surface area contributed by atoms with Crippen LogP contribution in [-0.4, -0.2) is 30.7 Å². The molecule has 0 fully saturated rings. The molecule has 0 bridgehead atoms. The summed E-state index contributed by atoms with van der Waals surface area (Å²) in [7, 11) is -3.68. The summed E-state index contributed by atoms with van der Waals surface area (Å²) in [5, 5.41) is 10.1. The van der Waals surface area contributed by atoms with Crippen molar-refractivity contribution in [3.8, 4) is 22.8 Å². The normalized spacial score (nSPS) is 11.1. The first-order valence-electron chi connectivity index (χ1n) is 5.70. The Bertz CT molecular complexity index is 767. The molecule has 0 radical (unpaired) electrons. The third-order valence-electron chi connectivity index (χ3n) is 2.31. The number of carbonyl (C=O) groups is 1.